The molecule has 2 atom stereocenters. The van der Waals surface area contributed by atoms with Crippen LogP contribution < -0.4 is 5.32 Å². The molecule has 18 heavy (non-hydrogen) atoms. The first-order valence-electron chi connectivity index (χ1n) is 6.57. The van der Waals surface area contributed by atoms with Crippen LogP contribution in [0, 0.1) is 5.92 Å². The van der Waals surface area contributed by atoms with Crippen LogP contribution in [0.25, 0.3) is 0 Å². The molecule has 0 aromatic carbocycles. The Morgan fingerprint density at radius 3 is 3.17 bits per heavy atom. The first-order chi connectivity index (χ1) is 8.70. The molecule has 0 amide bonds. The summed E-state index contributed by atoms with van der Waals surface area (Å²) in [6.07, 6.45) is 4.91. The molecule has 0 bridgehead atoms. The van der Waals surface area contributed by atoms with Gasteiger partial charge in [-0.1, -0.05) is 19.8 Å². The minimum Gasteiger partial charge on any atom is -0.461 e. The number of hydrogen-bond donors (Lipinski definition) is 1. The summed E-state index contributed by atoms with van der Waals surface area (Å²) in [7, 11) is 0. The van der Waals surface area contributed by atoms with Gasteiger partial charge in [-0.2, -0.15) is 0 Å². The maximum Gasteiger partial charge on any atom is 0.360 e. The molecule has 1 aliphatic rings. The second kappa shape index (κ2) is 6.18. The maximum atomic E-state index is 11.7. The third kappa shape index (κ3) is 3.22. The number of hydrogen-bond acceptors (Lipinski definition) is 5. The van der Waals surface area contributed by atoms with Crippen LogP contribution in [0.3, 0.4) is 0 Å². The summed E-state index contributed by atoms with van der Waals surface area (Å²) in [4.78, 5) is 15.8. The lowest BCUT2D eigenvalue weighted by atomic mass is 9.87. The monoisotopic (exact) mass is 268 g/mol. The van der Waals surface area contributed by atoms with Crippen LogP contribution in [0.1, 0.15) is 50.0 Å². The van der Waals surface area contributed by atoms with Gasteiger partial charge in [0.1, 0.15) is 5.00 Å². The first kappa shape index (κ1) is 13.3. The number of nitrogens with zero attached hydrogens (tertiary/aromatic N) is 1. The lowest BCUT2D eigenvalue weighted by Crippen LogP contribution is -2.26. The predicted molar refractivity (Wildman–Crippen MR) is 73.1 cm³/mol. The second-order valence-corrected chi connectivity index (χ2v) is 5.72. The maximum absolute atomic E-state index is 11.7. The number of carbonyl (C=O) groups excluding carboxylic acids is 1. The third-order valence-corrected chi connectivity index (χ3v) is 4.07. The van der Waals surface area contributed by atoms with Gasteiger partial charge in [0.25, 0.3) is 0 Å². The van der Waals surface area contributed by atoms with E-state index in [4.69, 9.17) is 4.74 Å². The molecule has 4 nitrogen and oxygen atoms in total. The molecule has 2 rings (SSSR count). The molecule has 0 saturated heterocycles. The van der Waals surface area contributed by atoms with Gasteiger partial charge in [-0.25, -0.2) is 9.78 Å². The fourth-order valence-electron chi connectivity index (χ4n) is 2.44. The van der Waals surface area contributed by atoms with Crippen molar-refractivity contribution in [1.29, 1.82) is 0 Å². The molecule has 0 aliphatic heterocycles. The number of esters is 1. The van der Waals surface area contributed by atoms with E-state index in [2.05, 4.69) is 17.2 Å². The van der Waals surface area contributed by atoms with Crippen molar-refractivity contribution in [2.24, 2.45) is 5.92 Å². The summed E-state index contributed by atoms with van der Waals surface area (Å²) in [5, 5.41) is 4.31. The van der Waals surface area contributed by atoms with Crippen LogP contribution in [-0.4, -0.2) is 23.6 Å². The van der Waals surface area contributed by atoms with Crippen LogP contribution in [0.2, 0.25) is 0 Å². The normalized spacial score (nSPS) is 23.7. The van der Waals surface area contributed by atoms with E-state index < -0.39 is 0 Å². The molecule has 0 radical (unpaired) electrons. The minimum atomic E-state index is -0.329. The lowest BCUT2D eigenvalue weighted by Gasteiger charge is -2.27. The fourth-order valence-corrected chi connectivity index (χ4v) is 3.19. The summed E-state index contributed by atoms with van der Waals surface area (Å²) < 4.78 is 5.00. The van der Waals surface area contributed by atoms with Crippen molar-refractivity contribution in [2.45, 2.75) is 45.6 Å². The van der Waals surface area contributed by atoms with E-state index in [1.165, 1.54) is 37.0 Å². The molecule has 1 aromatic heterocycles. The van der Waals surface area contributed by atoms with Crippen molar-refractivity contribution in [3.8, 4) is 0 Å². The van der Waals surface area contributed by atoms with E-state index >= 15 is 0 Å². The van der Waals surface area contributed by atoms with Crippen LogP contribution in [0.5, 0.6) is 0 Å². The van der Waals surface area contributed by atoms with E-state index in [-0.39, 0.29) is 5.97 Å². The van der Waals surface area contributed by atoms with Gasteiger partial charge in [0.15, 0.2) is 5.69 Å². The molecule has 0 spiro atoms. The van der Waals surface area contributed by atoms with Gasteiger partial charge in [0, 0.05) is 6.04 Å². The van der Waals surface area contributed by atoms with E-state index in [9.17, 15) is 4.79 Å². The average Bonchev–Trinajstić information content (AvgIpc) is 2.77. The Bertz CT molecular complexity index is 405. The van der Waals surface area contributed by atoms with Crippen LogP contribution >= 0.6 is 11.3 Å². The van der Waals surface area contributed by atoms with Crippen molar-refractivity contribution >= 4 is 22.3 Å². The number of ether oxygens (including phenoxy) is 1. The molecule has 1 fully saturated rings. The van der Waals surface area contributed by atoms with Crippen molar-refractivity contribution in [2.75, 3.05) is 11.9 Å². The third-order valence-electron chi connectivity index (χ3n) is 3.31. The largest absolute Gasteiger partial charge is 0.461 e. The molecule has 100 valence electrons. The Morgan fingerprint density at radius 1 is 1.61 bits per heavy atom. The summed E-state index contributed by atoms with van der Waals surface area (Å²) in [5.74, 6) is 0.431. The van der Waals surface area contributed by atoms with Gasteiger partial charge in [-0.05, 0) is 25.7 Å². The van der Waals surface area contributed by atoms with Crippen molar-refractivity contribution < 1.29 is 9.53 Å². The Kier molecular flexibility index (Phi) is 4.58. The highest BCUT2D eigenvalue weighted by molar-refractivity contribution is 7.14. The van der Waals surface area contributed by atoms with Gasteiger partial charge in [0.05, 0.1) is 12.1 Å². The predicted octanol–water partition coefficient (Wildman–Crippen LogP) is 3.31. The zero-order chi connectivity index (χ0) is 13.0. The highest BCUT2D eigenvalue weighted by Crippen LogP contribution is 2.29. The van der Waals surface area contributed by atoms with Gasteiger partial charge < -0.3 is 10.1 Å². The Morgan fingerprint density at radius 2 is 2.44 bits per heavy atom. The number of nitrogens with one attached hydrogen (secondary N) is 1. The summed E-state index contributed by atoms with van der Waals surface area (Å²) >= 11 is 1.48. The zero-order valence-electron chi connectivity index (χ0n) is 10.9. The smallest absolute Gasteiger partial charge is 0.360 e. The van der Waals surface area contributed by atoms with Gasteiger partial charge in [0.2, 0.25) is 0 Å². The second-order valence-electron chi connectivity index (χ2n) is 4.86. The molecule has 1 saturated carbocycles. The highest BCUT2D eigenvalue weighted by atomic mass is 32.1. The molecule has 2 unspecified atom stereocenters. The van der Waals surface area contributed by atoms with E-state index in [1.54, 1.807) is 12.4 Å². The van der Waals surface area contributed by atoms with Gasteiger partial charge >= 0.3 is 5.97 Å². The molecular weight excluding hydrogens is 248 g/mol. The molecule has 1 heterocycles. The highest BCUT2D eigenvalue weighted by Gasteiger charge is 2.22. The summed E-state index contributed by atoms with van der Waals surface area (Å²) in [6.45, 7) is 4.48. The number of thiazole rings is 1. The van der Waals surface area contributed by atoms with Gasteiger partial charge in [-0.15, -0.1) is 11.3 Å². The number of carbonyl (C=O) groups is 1. The minimum absolute atomic E-state index is 0.329. The standard InChI is InChI=1S/C13H20N2O2S/c1-3-17-13(16)11-12(18-8-14-11)15-10-6-4-5-9(2)7-10/h8-10,15H,3-7H2,1-2H3. The Labute approximate surface area is 112 Å². The zero-order valence-corrected chi connectivity index (χ0v) is 11.8. The average molecular weight is 268 g/mol. The van der Waals surface area contributed by atoms with Crippen LogP contribution in [-0.2, 0) is 4.74 Å². The number of anilines is 1. The molecule has 1 N–H and O–H groups in total. The fraction of sp³-hybridized carbons (Fsp3) is 0.692. The SMILES string of the molecule is CCOC(=O)c1ncsc1NC1CCCC(C)C1. The number of aromatic nitrogens is 1. The lowest BCUT2D eigenvalue weighted by molar-refractivity contribution is 0.0521. The molecule has 1 aliphatic carbocycles. The van der Waals surface area contributed by atoms with Crippen molar-refractivity contribution in [1.82, 2.24) is 4.98 Å². The van der Waals surface area contributed by atoms with Gasteiger partial charge in [-0.3, -0.25) is 0 Å². The molecular formula is C13H20N2O2S. The van der Waals surface area contributed by atoms with Crippen molar-refractivity contribution in [3.63, 3.8) is 0 Å². The first-order valence-corrected chi connectivity index (χ1v) is 7.45. The van der Waals surface area contributed by atoms with Crippen LogP contribution in [0.4, 0.5) is 5.00 Å². The van der Waals surface area contributed by atoms with Crippen LogP contribution in [0.15, 0.2) is 5.51 Å². The summed E-state index contributed by atoms with van der Waals surface area (Å²) in [5.41, 5.74) is 2.13. The quantitative estimate of drug-likeness (QED) is 0.851. The molecule has 1 aromatic rings. The van der Waals surface area contributed by atoms with E-state index in [1.807, 2.05) is 0 Å². The topological polar surface area (TPSA) is 51.2 Å². The van der Waals surface area contributed by atoms with Crippen molar-refractivity contribution in [3.05, 3.63) is 11.2 Å². The number of rotatable bonds is 4. The Hall–Kier alpha value is -1.10. The van der Waals surface area contributed by atoms with E-state index in [0.717, 1.165) is 10.9 Å². The summed E-state index contributed by atoms with van der Waals surface area (Å²) in [6, 6.07) is 0.461. The van der Waals surface area contributed by atoms with E-state index in [0.29, 0.717) is 18.3 Å². The molecule has 5 heteroatoms. The Balaban J connectivity index is 2.00.